The Morgan fingerprint density at radius 3 is 3.11 bits per heavy atom. The van der Waals surface area contributed by atoms with Gasteiger partial charge in [0.15, 0.2) is 0 Å². The molecule has 0 saturated carbocycles. The molecule has 1 heterocycles. The molecule has 1 aliphatic heterocycles. The molecule has 1 aromatic carbocycles. The van der Waals surface area contributed by atoms with E-state index in [0.29, 0.717) is 31.0 Å². The molecule has 1 aliphatic rings. The van der Waals surface area contributed by atoms with Crippen molar-refractivity contribution in [3.8, 4) is 5.75 Å². The third kappa shape index (κ3) is 3.30. The number of halogens is 1. The minimum atomic E-state index is -0.616. The number of likely N-dealkylation sites (N-methyl/N-ethyl adjacent to an activating group) is 1. The molecule has 0 aliphatic carbocycles. The van der Waals surface area contributed by atoms with Gasteiger partial charge in [-0.05, 0) is 18.2 Å². The number of anilines is 1. The number of rotatable bonds is 4. The van der Waals surface area contributed by atoms with E-state index in [0.717, 1.165) is 5.69 Å². The fourth-order valence-corrected chi connectivity index (χ4v) is 1.93. The van der Waals surface area contributed by atoms with Crippen LogP contribution in [-0.2, 0) is 0 Å². The number of aliphatic hydroxyl groups excluding tert-OH is 1. The molecule has 6 heteroatoms. The lowest BCUT2D eigenvalue weighted by Crippen LogP contribution is -2.28. The third-order valence-corrected chi connectivity index (χ3v) is 3.32. The summed E-state index contributed by atoms with van der Waals surface area (Å²) < 4.78 is 5.53. The Bertz CT molecular complexity index is 467. The van der Waals surface area contributed by atoms with Crippen molar-refractivity contribution in [2.75, 3.05) is 37.9 Å². The van der Waals surface area contributed by atoms with E-state index < -0.39 is 6.10 Å². The number of alkyl halides is 1. The quantitative estimate of drug-likeness (QED) is 0.815. The van der Waals surface area contributed by atoms with Gasteiger partial charge in [0.05, 0.1) is 24.1 Å². The highest BCUT2D eigenvalue weighted by Gasteiger charge is 2.21. The summed E-state index contributed by atoms with van der Waals surface area (Å²) in [7, 11) is 1.75. The van der Waals surface area contributed by atoms with E-state index in [4.69, 9.17) is 16.3 Å². The Labute approximate surface area is 117 Å². The van der Waals surface area contributed by atoms with Crippen molar-refractivity contribution in [1.29, 1.82) is 0 Å². The van der Waals surface area contributed by atoms with Gasteiger partial charge in [-0.2, -0.15) is 0 Å². The number of benzene rings is 1. The molecule has 0 spiro atoms. The van der Waals surface area contributed by atoms with Gasteiger partial charge in [-0.15, -0.1) is 11.6 Å². The molecule has 0 fully saturated rings. The molecule has 0 radical (unpaired) electrons. The van der Waals surface area contributed by atoms with Crippen molar-refractivity contribution in [2.24, 2.45) is 0 Å². The number of aliphatic hydroxyl groups is 1. The van der Waals surface area contributed by atoms with E-state index in [2.05, 4.69) is 5.32 Å². The molecule has 5 nitrogen and oxygen atoms in total. The molecule has 19 heavy (non-hydrogen) atoms. The van der Waals surface area contributed by atoms with Crippen molar-refractivity contribution in [3.05, 3.63) is 23.8 Å². The first-order valence-corrected chi connectivity index (χ1v) is 6.65. The van der Waals surface area contributed by atoms with Crippen LogP contribution in [0, 0.1) is 0 Å². The standard InChI is InChI=1S/C13H17ClN2O3/c1-16-4-5-19-12-3-2-9(6-11(12)13(16)18)15-8-10(17)7-14/h2-3,6,10,15,17H,4-5,7-8H2,1H3. The number of amides is 1. The van der Waals surface area contributed by atoms with Crippen LogP contribution in [0.5, 0.6) is 5.75 Å². The minimum absolute atomic E-state index is 0.0611. The number of hydrogen-bond donors (Lipinski definition) is 2. The highest BCUT2D eigenvalue weighted by Crippen LogP contribution is 2.26. The van der Waals surface area contributed by atoms with Crippen LogP contribution >= 0.6 is 11.6 Å². The van der Waals surface area contributed by atoms with Gasteiger partial charge in [-0.1, -0.05) is 0 Å². The fourth-order valence-electron chi connectivity index (χ4n) is 1.82. The van der Waals surface area contributed by atoms with E-state index in [1.54, 1.807) is 24.1 Å². The first-order chi connectivity index (χ1) is 9.11. The maximum absolute atomic E-state index is 12.1. The van der Waals surface area contributed by atoms with Crippen LogP contribution in [0.1, 0.15) is 10.4 Å². The predicted octanol–water partition coefficient (Wildman–Crippen LogP) is 1.16. The van der Waals surface area contributed by atoms with Crippen molar-refractivity contribution >= 4 is 23.2 Å². The molecule has 104 valence electrons. The SMILES string of the molecule is CN1CCOc2ccc(NCC(O)CCl)cc2C1=O. The zero-order valence-corrected chi connectivity index (χ0v) is 11.5. The maximum Gasteiger partial charge on any atom is 0.257 e. The number of hydrogen-bond acceptors (Lipinski definition) is 4. The highest BCUT2D eigenvalue weighted by atomic mass is 35.5. The van der Waals surface area contributed by atoms with Crippen LogP contribution in [0.4, 0.5) is 5.69 Å². The highest BCUT2D eigenvalue weighted by molar-refractivity contribution is 6.18. The molecular formula is C13H17ClN2O3. The van der Waals surface area contributed by atoms with Gasteiger partial charge in [0.25, 0.3) is 5.91 Å². The number of fused-ring (bicyclic) bond motifs is 1. The van der Waals surface area contributed by atoms with Crippen LogP contribution in [0.3, 0.4) is 0 Å². The zero-order valence-electron chi connectivity index (χ0n) is 10.7. The molecular weight excluding hydrogens is 268 g/mol. The molecule has 1 atom stereocenters. The molecule has 2 rings (SSSR count). The van der Waals surface area contributed by atoms with E-state index in [9.17, 15) is 9.90 Å². The van der Waals surface area contributed by atoms with Crippen molar-refractivity contribution in [2.45, 2.75) is 6.10 Å². The number of carbonyl (C=O) groups is 1. The molecule has 1 aromatic rings. The van der Waals surface area contributed by atoms with Crippen LogP contribution in [0.15, 0.2) is 18.2 Å². The van der Waals surface area contributed by atoms with Gasteiger partial charge in [-0.25, -0.2) is 0 Å². The van der Waals surface area contributed by atoms with Gasteiger partial charge in [0, 0.05) is 19.3 Å². The monoisotopic (exact) mass is 284 g/mol. The second-order valence-corrected chi connectivity index (χ2v) is 4.78. The molecule has 0 saturated heterocycles. The maximum atomic E-state index is 12.1. The van der Waals surface area contributed by atoms with Gasteiger partial charge >= 0.3 is 0 Å². The fraction of sp³-hybridized carbons (Fsp3) is 0.462. The zero-order chi connectivity index (χ0) is 13.8. The van der Waals surface area contributed by atoms with Crippen LogP contribution in [0.2, 0.25) is 0 Å². The Balaban J connectivity index is 2.17. The number of nitrogens with one attached hydrogen (secondary N) is 1. The van der Waals surface area contributed by atoms with Crippen LogP contribution < -0.4 is 10.1 Å². The first kappa shape index (κ1) is 14.0. The summed E-state index contributed by atoms with van der Waals surface area (Å²) >= 11 is 5.53. The Morgan fingerprint density at radius 1 is 1.58 bits per heavy atom. The molecule has 1 unspecified atom stereocenters. The number of carbonyl (C=O) groups excluding carboxylic acids is 1. The lowest BCUT2D eigenvalue weighted by molar-refractivity contribution is 0.0797. The van der Waals surface area contributed by atoms with Crippen molar-refractivity contribution in [3.63, 3.8) is 0 Å². The van der Waals surface area contributed by atoms with E-state index in [1.807, 2.05) is 6.07 Å². The predicted molar refractivity (Wildman–Crippen MR) is 74.1 cm³/mol. The summed E-state index contributed by atoms with van der Waals surface area (Å²) in [6, 6.07) is 5.32. The Kier molecular flexibility index (Phi) is 4.50. The number of ether oxygens (including phenoxy) is 1. The van der Waals surface area contributed by atoms with Crippen LogP contribution in [0.25, 0.3) is 0 Å². The summed E-state index contributed by atoms with van der Waals surface area (Å²) in [4.78, 5) is 13.8. The van der Waals surface area contributed by atoms with E-state index in [-0.39, 0.29) is 11.8 Å². The summed E-state index contributed by atoms with van der Waals surface area (Å²) in [6.45, 7) is 1.40. The minimum Gasteiger partial charge on any atom is -0.491 e. The van der Waals surface area contributed by atoms with E-state index >= 15 is 0 Å². The largest absolute Gasteiger partial charge is 0.491 e. The van der Waals surface area contributed by atoms with Gasteiger partial charge < -0.3 is 20.1 Å². The summed E-state index contributed by atoms with van der Waals surface area (Å²) in [5.41, 5.74) is 1.29. The summed E-state index contributed by atoms with van der Waals surface area (Å²) in [6.07, 6.45) is -0.616. The third-order valence-electron chi connectivity index (χ3n) is 2.96. The summed E-state index contributed by atoms with van der Waals surface area (Å²) in [5, 5.41) is 12.4. The molecule has 0 bridgehead atoms. The van der Waals surface area contributed by atoms with Gasteiger partial charge in [0.1, 0.15) is 12.4 Å². The first-order valence-electron chi connectivity index (χ1n) is 6.12. The lowest BCUT2D eigenvalue weighted by Gasteiger charge is -2.14. The van der Waals surface area contributed by atoms with Crippen molar-refractivity contribution in [1.82, 2.24) is 4.90 Å². The normalized spacial score (nSPS) is 16.4. The van der Waals surface area contributed by atoms with Gasteiger partial charge in [0.2, 0.25) is 0 Å². The lowest BCUT2D eigenvalue weighted by atomic mass is 10.1. The second-order valence-electron chi connectivity index (χ2n) is 4.48. The number of nitrogens with zero attached hydrogens (tertiary/aromatic N) is 1. The molecule has 1 amide bonds. The second kappa shape index (κ2) is 6.12. The molecule has 0 aromatic heterocycles. The topological polar surface area (TPSA) is 61.8 Å². The summed E-state index contributed by atoms with van der Waals surface area (Å²) in [5.74, 6) is 0.703. The average Bonchev–Trinajstić information content (AvgIpc) is 2.57. The van der Waals surface area contributed by atoms with Crippen molar-refractivity contribution < 1.29 is 14.6 Å². The smallest absolute Gasteiger partial charge is 0.257 e. The van der Waals surface area contributed by atoms with Crippen LogP contribution in [-0.4, -0.2) is 54.6 Å². The molecule has 2 N–H and O–H groups in total. The van der Waals surface area contributed by atoms with Gasteiger partial charge in [-0.3, -0.25) is 4.79 Å². The Hall–Kier alpha value is -1.46. The average molecular weight is 285 g/mol. The van der Waals surface area contributed by atoms with E-state index in [1.165, 1.54) is 0 Å². The Morgan fingerprint density at radius 2 is 2.37 bits per heavy atom.